The minimum absolute atomic E-state index is 0.231. The molecule has 0 atom stereocenters. The van der Waals surface area contributed by atoms with E-state index in [9.17, 15) is 0 Å². The third kappa shape index (κ3) is 3.53. The van der Waals surface area contributed by atoms with Gasteiger partial charge >= 0.3 is 0 Å². The zero-order chi connectivity index (χ0) is 14.5. The number of nitrogens with two attached hydrogens (primary N) is 1. The summed E-state index contributed by atoms with van der Waals surface area (Å²) in [6.45, 7) is 0.792. The minimum Gasteiger partial charge on any atom is -0.368 e. The second-order valence-electron chi connectivity index (χ2n) is 4.72. The van der Waals surface area contributed by atoms with Gasteiger partial charge in [-0.3, -0.25) is 4.98 Å². The Morgan fingerprint density at radius 3 is 2.30 bits per heavy atom. The molecule has 2 heterocycles. The maximum atomic E-state index is 5.72. The SMILES string of the molecule is CN(C)c1nc(N)nc(N(C)CCc2ccncc2)n1. The van der Waals surface area contributed by atoms with E-state index in [2.05, 4.69) is 19.9 Å². The number of rotatable bonds is 5. The zero-order valence-electron chi connectivity index (χ0n) is 12.0. The van der Waals surface area contributed by atoms with Crippen molar-refractivity contribution in [2.45, 2.75) is 6.42 Å². The van der Waals surface area contributed by atoms with Gasteiger partial charge in [0.15, 0.2) is 0 Å². The Balaban J connectivity index is 2.07. The van der Waals surface area contributed by atoms with Gasteiger partial charge in [-0.1, -0.05) is 0 Å². The number of anilines is 3. The molecule has 2 N–H and O–H groups in total. The Morgan fingerprint density at radius 1 is 1.00 bits per heavy atom. The fraction of sp³-hybridized carbons (Fsp3) is 0.385. The van der Waals surface area contributed by atoms with E-state index in [4.69, 9.17) is 5.73 Å². The van der Waals surface area contributed by atoms with Crippen molar-refractivity contribution in [3.05, 3.63) is 30.1 Å². The van der Waals surface area contributed by atoms with Crippen LogP contribution >= 0.6 is 0 Å². The van der Waals surface area contributed by atoms with Crippen LogP contribution in [0, 0.1) is 0 Å². The monoisotopic (exact) mass is 273 g/mol. The maximum Gasteiger partial charge on any atom is 0.231 e. The van der Waals surface area contributed by atoms with Crippen LogP contribution in [0.5, 0.6) is 0 Å². The molecule has 106 valence electrons. The fourth-order valence-corrected chi connectivity index (χ4v) is 1.69. The fourth-order valence-electron chi connectivity index (χ4n) is 1.69. The van der Waals surface area contributed by atoms with Crippen LogP contribution < -0.4 is 15.5 Å². The lowest BCUT2D eigenvalue weighted by atomic mass is 10.2. The molecule has 20 heavy (non-hydrogen) atoms. The van der Waals surface area contributed by atoms with Crippen LogP contribution in [0.2, 0.25) is 0 Å². The van der Waals surface area contributed by atoms with Gasteiger partial charge < -0.3 is 15.5 Å². The molecule has 0 aliphatic rings. The lowest BCUT2D eigenvalue weighted by Gasteiger charge is -2.19. The van der Waals surface area contributed by atoms with Gasteiger partial charge in [0.2, 0.25) is 17.8 Å². The average molecular weight is 273 g/mol. The van der Waals surface area contributed by atoms with E-state index in [-0.39, 0.29) is 5.95 Å². The number of likely N-dealkylation sites (N-methyl/N-ethyl adjacent to an activating group) is 1. The molecule has 0 bridgehead atoms. The van der Waals surface area contributed by atoms with Crippen LogP contribution in [0.3, 0.4) is 0 Å². The summed E-state index contributed by atoms with van der Waals surface area (Å²) in [5, 5.41) is 0. The van der Waals surface area contributed by atoms with Crippen molar-refractivity contribution in [3.63, 3.8) is 0 Å². The molecule has 0 spiro atoms. The Morgan fingerprint density at radius 2 is 1.65 bits per heavy atom. The van der Waals surface area contributed by atoms with Crippen LogP contribution in [0.1, 0.15) is 5.56 Å². The highest BCUT2D eigenvalue weighted by molar-refractivity contribution is 5.42. The van der Waals surface area contributed by atoms with E-state index in [1.807, 2.05) is 38.2 Å². The van der Waals surface area contributed by atoms with Gasteiger partial charge in [0.25, 0.3) is 0 Å². The first-order chi connectivity index (χ1) is 9.56. The highest BCUT2D eigenvalue weighted by Crippen LogP contribution is 2.12. The predicted molar refractivity (Wildman–Crippen MR) is 79.8 cm³/mol. The molecular weight excluding hydrogens is 254 g/mol. The van der Waals surface area contributed by atoms with E-state index in [0.717, 1.165) is 13.0 Å². The number of nitrogen functional groups attached to an aromatic ring is 1. The van der Waals surface area contributed by atoms with Crippen LogP contribution in [0.4, 0.5) is 17.8 Å². The molecule has 0 saturated heterocycles. The third-order valence-electron chi connectivity index (χ3n) is 2.86. The van der Waals surface area contributed by atoms with Gasteiger partial charge in [-0.05, 0) is 24.1 Å². The number of nitrogens with zero attached hydrogens (tertiary/aromatic N) is 6. The van der Waals surface area contributed by atoms with Crippen LogP contribution in [-0.2, 0) is 6.42 Å². The highest BCUT2D eigenvalue weighted by atomic mass is 15.3. The molecule has 0 aliphatic carbocycles. The van der Waals surface area contributed by atoms with Gasteiger partial charge in [-0.15, -0.1) is 0 Å². The predicted octanol–water partition coefficient (Wildman–Crippen LogP) is 0.594. The van der Waals surface area contributed by atoms with Crippen molar-refractivity contribution in [2.75, 3.05) is 43.2 Å². The Kier molecular flexibility index (Phi) is 4.29. The largest absolute Gasteiger partial charge is 0.368 e. The molecule has 7 heteroatoms. The second kappa shape index (κ2) is 6.14. The van der Waals surface area contributed by atoms with E-state index >= 15 is 0 Å². The maximum absolute atomic E-state index is 5.72. The molecule has 7 nitrogen and oxygen atoms in total. The second-order valence-corrected chi connectivity index (χ2v) is 4.72. The number of hydrogen-bond donors (Lipinski definition) is 1. The van der Waals surface area contributed by atoms with Gasteiger partial charge in [0, 0.05) is 40.1 Å². The molecule has 0 radical (unpaired) electrons. The number of pyridine rings is 1. The molecule has 0 saturated carbocycles. The molecule has 2 aromatic heterocycles. The summed E-state index contributed by atoms with van der Waals surface area (Å²) in [4.78, 5) is 20.4. The van der Waals surface area contributed by atoms with E-state index in [1.54, 1.807) is 17.3 Å². The van der Waals surface area contributed by atoms with Gasteiger partial charge in [0.05, 0.1) is 0 Å². The summed E-state index contributed by atoms with van der Waals surface area (Å²) in [5.41, 5.74) is 6.94. The Labute approximate surface area is 118 Å². The lowest BCUT2D eigenvalue weighted by molar-refractivity contribution is 0.824. The molecule has 2 rings (SSSR count). The average Bonchev–Trinajstić information content (AvgIpc) is 2.45. The van der Waals surface area contributed by atoms with E-state index < -0.39 is 0 Å². The summed E-state index contributed by atoms with van der Waals surface area (Å²) in [7, 11) is 5.68. The molecule has 0 aliphatic heterocycles. The van der Waals surface area contributed by atoms with Crippen molar-refractivity contribution in [2.24, 2.45) is 0 Å². The van der Waals surface area contributed by atoms with Crippen molar-refractivity contribution in [1.82, 2.24) is 19.9 Å². The molecule has 0 amide bonds. The molecular formula is C13H19N7. The van der Waals surface area contributed by atoms with Crippen molar-refractivity contribution in [1.29, 1.82) is 0 Å². The van der Waals surface area contributed by atoms with Crippen LogP contribution in [-0.4, -0.2) is 47.6 Å². The minimum atomic E-state index is 0.231. The van der Waals surface area contributed by atoms with Crippen LogP contribution in [0.25, 0.3) is 0 Å². The summed E-state index contributed by atoms with van der Waals surface area (Å²) in [6.07, 6.45) is 4.47. The smallest absolute Gasteiger partial charge is 0.231 e. The molecule has 0 fully saturated rings. The first kappa shape index (κ1) is 14.0. The lowest BCUT2D eigenvalue weighted by Crippen LogP contribution is -2.25. The quantitative estimate of drug-likeness (QED) is 0.853. The number of hydrogen-bond acceptors (Lipinski definition) is 7. The summed E-state index contributed by atoms with van der Waals surface area (Å²) in [6, 6.07) is 4.00. The summed E-state index contributed by atoms with van der Waals surface area (Å²) < 4.78 is 0. The van der Waals surface area contributed by atoms with E-state index in [1.165, 1.54) is 5.56 Å². The van der Waals surface area contributed by atoms with Gasteiger partial charge in [0.1, 0.15) is 0 Å². The van der Waals surface area contributed by atoms with Crippen molar-refractivity contribution in [3.8, 4) is 0 Å². The van der Waals surface area contributed by atoms with Gasteiger partial charge in [-0.25, -0.2) is 0 Å². The highest BCUT2D eigenvalue weighted by Gasteiger charge is 2.10. The number of aromatic nitrogens is 4. The van der Waals surface area contributed by atoms with Crippen LogP contribution in [0.15, 0.2) is 24.5 Å². The normalized spacial score (nSPS) is 10.3. The summed E-state index contributed by atoms with van der Waals surface area (Å²) in [5.74, 6) is 1.37. The molecule has 0 aromatic carbocycles. The van der Waals surface area contributed by atoms with Crippen molar-refractivity contribution >= 4 is 17.8 Å². The Bertz CT molecular complexity index is 556. The van der Waals surface area contributed by atoms with E-state index in [0.29, 0.717) is 11.9 Å². The zero-order valence-corrected chi connectivity index (χ0v) is 12.0. The topological polar surface area (TPSA) is 84.1 Å². The van der Waals surface area contributed by atoms with Gasteiger partial charge in [-0.2, -0.15) is 15.0 Å². The first-order valence-electron chi connectivity index (χ1n) is 6.35. The third-order valence-corrected chi connectivity index (χ3v) is 2.86. The molecule has 0 unspecified atom stereocenters. The molecule has 2 aromatic rings. The van der Waals surface area contributed by atoms with Crippen molar-refractivity contribution < 1.29 is 0 Å². The standard InChI is InChI=1S/C13H19N7/c1-19(2)12-16-11(14)17-13(18-12)20(3)9-6-10-4-7-15-8-5-10/h4-5,7-8H,6,9H2,1-3H3,(H2,14,16,17,18). The summed E-state index contributed by atoms with van der Waals surface area (Å²) >= 11 is 0. The Hall–Kier alpha value is -2.44. The first-order valence-corrected chi connectivity index (χ1v) is 6.35.